The number of halogens is 3. The van der Waals surface area contributed by atoms with Crippen LogP contribution in [0.3, 0.4) is 0 Å². The molecule has 7 heteroatoms. The van der Waals surface area contributed by atoms with Gasteiger partial charge in [-0.3, -0.25) is 4.79 Å². The Labute approximate surface area is 156 Å². The molecule has 0 spiro atoms. The molecule has 1 aliphatic rings. The fourth-order valence-electron chi connectivity index (χ4n) is 3.18. The number of alkyl halides is 3. The Morgan fingerprint density at radius 3 is 1.85 bits per heavy atom. The van der Waals surface area contributed by atoms with E-state index in [9.17, 15) is 18.0 Å². The van der Waals surface area contributed by atoms with Crippen molar-refractivity contribution in [2.45, 2.75) is 6.18 Å². The molecule has 2 nitrogen and oxygen atoms in total. The van der Waals surface area contributed by atoms with Crippen LogP contribution < -0.4 is 5.32 Å². The third kappa shape index (κ3) is 2.77. The summed E-state index contributed by atoms with van der Waals surface area (Å²) in [4.78, 5) is 12.4. The van der Waals surface area contributed by atoms with Crippen LogP contribution in [0.25, 0.3) is 27.6 Å². The van der Waals surface area contributed by atoms with E-state index in [1.807, 2.05) is 0 Å². The van der Waals surface area contributed by atoms with E-state index < -0.39 is 11.7 Å². The second kappa shape index (κ2) is 6.10. The fourth-order valence-corrected chi connectivity index (χ4v) is 4.20. The van der Waals surface area contributed by atoms with Gasteiger partial charge in [0.1, 0.15) is 4.32 Å². The van der Waals surface area contributed by atoms with Gasteiger partial charge in [-0.15, -0.1) is 0 Å². The normalized spacial score (nSPS) is 16.7. The largest absolute Gasteiger partial charge is 0.417 e. The second-order valence-corrected chi connectivity index (χ2v) is 7.45. The minimum Gasteiger partial charge on any atom is -0.307 e. The third-order valence-electron chi connectivity index (χ3n) is 4.17. The molecule has 1 heterocycles. The second-order valence-electron chi connectivity index (χ2n) is 5.73. The highest BCUT2D eigenvalue weighted by molar-refractivity contribution is 8.26. The van der Waals surface area contributed by atoms with E-state index in [-0.39, 0.29) is 16.7 Å². The van der Waals surface area contributed by atoms with Crippen LogP contribution in [-0.2, 0) is 11.0 Å². The Hall–Kier alpha value is -2.38. The smallest absolute Gasteiger partial charge is 0.307 e. The van der Waals surface area contributed by atoms with Gasteiger partial charge in [-0.1, -0.05) is 72.5 Å². The van der Waals surface area contributed by atoms with Crippen molar-refractivity contribution in [3.63, 3.8) is 0 Å². The van der Waals surface area contributed by atoms with Crippen LogP contribution >= 0.6 is 24.0 Å². The number of benzene rings is 3. The summed E-state index contributed by atoms with van der Waals surface area (Å²) in [6.45, 7) is 0. The van der Waals surface area contributed by atoms with Gasteiger partial charge in [0, 0.05) is 0 Å². The third-order valence-corrected chi connectivity index (χ3v) is 5.34. The minimum atomic E-state index is -4.49. The summed E-state index contributed by atoms with van der Waals surface area (Å²) in [6.07, 6.45) is -2.88. The summed E-state index contributed by atoms with van der Waals surface area (Å²) in [7, 11) is 0. The van der Waals surface area contributed by atoms with E-state index in [0.717, 1.165) is 11.8 Å². The van der Waals surface area contributed by atoms with E-state index in [2.05, 4.69) is 5.32 Å². The Morgan fingerprint density at radius 2 is 1.42 bits per heavy atom. The maximum absolute atomic E-state index is 13.8. The lowest BCUT2D eigenvalue weighted by molar-refractivity contribution is -0.135. The molecule has 0 aliphatic carbocycles. The molecule has 3 aromatic carbocycles. The predicted octanol–water partition coefficient (Wildman–Crippen LogP) is 5.50. The summed E-state index contributed by atoms with van der Waals surface area (Å²) < 4.78 is 41.7. The van der Waals surface area contributed by atoms with Crippen molar-refractivity contribution in [2.75, 3.05) is 0 Å². The van der Waals surface area contributed by atoms with Crippen molar-refractivity contribution in [2.24, 2.45) is 0 Å². The number of carbonyl (C=O) groups is 1. The number of hydrogen-bond donors (Lipinski definition) is 1. The molecule has 1 N–H and O–H groups in total. The zero-order chi connectivity index (χ0) is 18.5. The number of rotatable bonds is 1. The first-order valence-corrected chi connectivity index (χ1v) is 8.84. The van der Waals surface area contributed by atoms with Gasteiger partial charge in [0.25, 0.3) is 5.91 Å². The summed E-state index contributed by atoms with van der Waals surface area (Å²) >= 11 is 6.10. The van der Waals surface area contributed by atoms with Crippen molar-refractivity contribution < 1.29 is 18.0 Å². The highest BCUT2D eigenvalue weighted by Crippen LogP contribution is 2.43. The fraction of sp³-hybridized carbons (Fsp3) is 0.0526. The topological polar surface area (TPSA) is 29.1 Å². The lowest BCUT2D eigenvalue weighted by atomic mass is 9.91. The van der Waals surface area contributed by atoms with Gasteiger partial charge in [-0.2, -0.15) is 13.2 Å². The number of hydrogen-bond acceptors (Lipinski definition) is 3. The number of carbonyl (C=O) groups excluding carboxylic acids is 1. The highest BCUT2D eigenvalue weighted by Gasteiger charge is 2.35. The maximum atomic E-state index is 13.8. The molecule has 1 saturated heterocycles. The van der Waals surface area contributed by atoms with Crippen LogP contribution in [0, 0.1) is 0 Å². The first kappa shape index (κ1) is 17.1. The van der Waals surface area contributed by atoms with Crippen molar-refractivity contribution in [1.82, 2.24) is 5.32 Å². The van der Waals surface area contributed by atoms with Crippen molar-refractivity contribution in [3.05, 3.63) is 64.6 Å². The maximum Gasteiger partial charge on any atom is 0.417 e. The first-order valence-electron chi connectivity index (χ1n) is 7.62. The molecule has 26 heavy (non-hydrogen) atoms. The van der Waals surface area contributed by atoms with Gasteiger partial charge in [0.2, 0.25) is 0 Å². The molecule has 1 aliphatic heterocycles. The van der Waals surface area contributed by atoms with Crippen molar-refractivity contribution in [1.29, 1.82) is 0 Å². The molecule has 3 aromatic rings. The molecule has 1 amide bonds. The van der Waals surface area contributed by atoms with E-state index in [1.54, 1.807) is 42.5 Å². The molecule has 0 radical (unpaired) electrons. The number of thioether (sulfide) groups is 1. The number of amides is 1. The standard InChI is InChI=1S/C19H10F3NOS2/c20-19(21,22)16-12-7-3-1-5-10(12)14(11-6-2-4-8-13(11)16)9-15-17(24)23-18(25)26-15/h1-9H,(H,23,24,25). The molecule has 0 unspecified atom stereocenters. The van der Waals surface area contributed by atoms with Crippen molar-refractivity contribution >= 4 is 61.8 Å². The SMILES string of the molecule is O=C1NC(=S)SC1=Cc1c2ccccc2c(C(F)(F)F)c2ccccc12. The van der Waals surface area contributed by atoms with E-state index in [1.165, 1.54) is 12.1 Å². The number of fused-ring (bicyclic) bond motifs is 2. The Balaban J connectivity index is 2.15. The first-order chi connectivity index (χ1) is 12.4. The highest BCUT2D eigenvalue weighted by atomic mass is 32.2. The van der Waals surface area contributed by atoms with Crippen LogP contribution in [0.15, 0.2) is 53.4 Å². The van der Waals surface area contributed by atoms with Gasteiger partial charge < -0.3 is 5.32 Å². The summed E-state index contributed by atoms with van der Waals surface area (Å²) in [5, 5.41) is 3.63. The van der Waals surface area contributed by atoms with Gasteiger partial charge in [-0.05, 0) is 33.2 Å². The molecular formula is C19H10F3NOS2. The Morgan fingerprint density at radius 1 is 0.923 bits per heavy atom. The van der Waals surface area contributed by atoms with Gasteiger partial charge in [-0.25, -0.2) is 0 Å². The lowest BCUT2D eigenvalue weighted by Gasteiger charge is -2.17. The van der Waals surface area contributed by atoms with E-state index in [0.29, 0.717) is 25.6 Å². The van der Waals surface area contributed by atoms with E-state index >= 15 is 0 Å². The predicted molar refractivity (Wildman–Crippen MR) is 103 cm³/mol. The Bertz CT molecular complexity index is 1060. The minimum absolute atomic E-state index is 0.108. The van der Waals surface area contributed by atoms with Gasteiger partial charge in [0.05, 0.1) is 10.5 Å². The summed E-state index contributed by atoms with van der Waals surface area (Å²) in [5.41, 5.74) is -0.0866. The Kier molecular flexibility index (Phi) is 4.00. The zero-order valence-electron chi connectivity index (χ0n) is 13.1. The van der Waals surface area contributed by atoms with Crippen LogP contribution in [0.2, 0.25) is 0 Å². The molecule has 0 bridgehead atoms. The van der Waals surface area contributed by atoms with Crippen molar-refractivity contribution in [3.8, 4) is 0 Å². The summed E-state index contributed by atoms with van der Waals surface area (Å²) in [5.74, 6) is -0.340. The lowest BCUT2D eigenvalue weighted by Crippen LogP contribution is -2.17. The number of nitrogens with one attached hydrogen (secondary N) is 1. The molecule has 0 aromatic heterocycles. The molecule has 1 fully saturated rings. The molecule has 0 atom stereocenters. The van der Waals surface area contributed by atoms with Gasteiger partial charge in [0.15, 0.2) is 0 Å². The monoisotopic (exact) mass is 389 g/mol. The van der Waals surface area contributed by atoms with Gasteiger partial charge >= 0.3 is 6.18 Å². The molecular weight excluding hydrogens is 379 g/mol. The molecule has 0 saturated carbocycles. The summed E-state index contributed by atoms with van der Waals surface area (Å²) in [6, 6.07) is 12.7. The zero-order valence-corrected chi connectivity index (χ0v) is 14.7. The van der Waals surface area contributed by atoms with E-state index in [4.69, 9.17) is 12.2 Å². The van der Waals surface area contributed by atoms with Crippen LogP contribution in [0.5, 0.6) is 0 Å². The average molecular weight is 389 g/mol. The number of thiocarbonyl (C=S) groups is 1. The average Bonchev–Trinajstić information content (AvgIpc) is 2.90. The van der Waals surface area contributed by atoms with Crippen LogP contribution in [0.4, 0.5) is 13.2 Å². The van der Waals surface area contributed by atoms with Crippen LogP contribution in [0.1, 0.15) is 11.1 Å². The molecule has 130 valence electrons. The quantitative estimate of drug-likeness (QED) is 0.338. The van der Waals surface area contributed by atoms with Crippen LogP contribution in [-0.4, -0.2) is 10.2 Å². The molecule has 4 rings (SSSR count).